The first kappa shape index (κ1) is 11.1. The van der Waals surface area contributed by atoms with E-state index in [1.165, 1.54) is 12.8 Å². The van der Waals surface area contributed by atoms with Gasteiger partial charge in [0.05, 0.1) is 0 Å². The van der Waals surface area contributed by atoms with Gasteiger partial charge in [0.15, 0.2) is 5.58 Å². The van der Waals surface area contributed by atoms with Gasteiger partial charge in [0.25, 0.3) is 5.22 Å². The minimum atomic E-state index is 0.399. The molecule has 1 saturated carbocycles. The SMILES string of the molecule is NC1CCC(Sc2nc3ccccc3o2)CC1. The number of para-hydroxylation sites is 2. The van der Waals surface area contributed by atoms with Crippen molar-refractivity contribution in [2.75, 3.05) is 0 Å². The second kappa shape index (κ2) is 4.70. The Hall–Kier alpha value is -1.00. The predicted octanol–water partition coefficient (Wildman–Crippen LogP) is 3.19. The highest BCUT2D eigenvalue weighted by Crippen LogP contribution is 2.34. The van der Waals surface area contributed by atoms with E-state index in [0.717, 1.165) is 29.2 Å². The molecule has 1 aliphatic rings. The van der Waals surface area contributed by atoms with E-state index in [1.807, 2.05) is 24.3 Å². The Morgan fingerprint density at radius 3 is 2.71 bits per heavy atom. The van der Waals surface area contributed by atoms with Crippen LogP contribution in [0.4, 0.5) is 0 Å². The van der Waals surface area contributed by atoms with Crippen molar-refractivity contribution in [2.45, 2.75) is 42.2 Å². The van der Waals surface area contributed by atoms with Crippen LogP contribution < -0.4 is 5.73 Å². The highest BCUT2D eigenvalue weighted by Gasteiger charge is 2.21. The van der Waals surface area contributed by atoms with Crippen LogP contribution in [-0.4, -0.2) is 16.3 Å². The highest BCUT2D eigenvalue weighted by atomic mass is 32.2. The summed E-state index contributed by atoms with van der Waals surface area (Å²) in [5.74, 6) is 0. The number of hydrogen-bond acceptors (Lipinski definition) is 4. The third kappa shape index (κ3) is 2.48. The first-order chi connectivity index (χ1) is 8.31. The third-order valence-corrected chi connectivity index (χ3v) is 4.44. The van der Waals surface area contributed by atoms with Crippen LogP contribution in [0.25, 0.3) is 11.1 Å². The summed E-state index contributed by atoms with van der Waals surface area (Å²) in [7, 11) is 0. The molecular formula is C13H16N2OS. The fraction of sp³-hybridized carbons (Fsp3) is 0.462. The van der Waals surface area contributed by atoms with E-state index >= 15 is 0 Å². The van der Waals surface area contributed by atoms with Crippen molar-refractivity contribution in [1.29, 1.82) is 0 Å². The monoisotopic (exact) mass is 248 g/mol. The summed E-state index contributed by atoms with van der Waals surface area (Å²) in [4.78, 5) is 4.49. The minimum absolute atomic E-state index is 0.399. The molecule has 0 amide bonds. The number of hydrogen-bond donors (Lipinski definition) is 1. The number of nitrogens with two attached hydrogens (primary N) is 1. The summed E-state index contributed by atoms with van der Waals surface area (Å²) in [6, 6.07) is 8.30. The molecule has 1 heterocycles. The molecule has 2 N–H and O–H groups in total. The van der Waals surface area contributed by atoms with Crippen molar-refractivity contribution < 1.29 is 4.42 Å². The van der Waals surface area contributed by atoms with Gasteiger partial charge in [0.2, 0.25) is 0 Å². The fourth-order valence-corrected chi connectivity index (χ4v) is 3.33. The molecule has 3 nitrogen and oxygen atoms in total. The van der Waals surface area contributed by atoms with Crippen molar-refractivity contribution in [2.24, 2.45) is 5.73 Å². The van der Waals surface area contributed by atoms with E-state index in [0.29, 0.717) is 11.3 Å². The van der Waals surface area contributed by atoms with E-state index in [4.69, 9.17) is 10.2 Å². The Balaban J connectivity index is 1.72. The molecule has 4 heteroatoms. The molecule has 0 aliphatic heterocycles. The van der Waals surface area contributed by atoms with Gasteiger partial charge in [-0.05, 0) is 37.8 Å². The molecule has 0 radical (unpaired) electrons. The molecule has 1 aromatic carbocycles. The summed E-state index contributed by atoms with van der Waals surface area (Å²) >= 11 is 1.76. The molecule has 1 aromatic heterocycles. The molecule has 0 atom stereocenters. The van der Waals surface area contributed by atoms with E-state index in [9.17, 15) is 0 Å². The third-order valence-electron chi connectivity index (χ3n) is 3.26. The Bertz CT molecular complexity index is 470. The second-order valence-corrected chi connectivity index (χ2v) is 5.85. The Morgan fingerprint density at radius 2 is 1.94 bits per heavy atom. The summed E-state index contributed by atoms with van der Waals surface area (Å²) in [6.07, 6.45) is 4.59. The topological polar surface area (TPSA) is 52.0 Å². The largest absolute Gasteiger partial charge is 0.431 e. The standard InChI is InChI=1S/C13H16N2OS/c14-9-5-7-10(8-6-9)17-13-15-11-3-1-2-4-12(11)16-13/h1-4,9-10H,5-8,14H2. The van der Waals surface area contributed by atoms with Crippen LogP contribution in [0.1, 0.15) is 25.7 Å². The summed E-state index contributed by atoms with van der Waals surface area (Å²) in [6.45, 7) is 0. The van der Waals surface area contributed by atoms with Crippen LogP contribution in [-0.2, 0) is 0 Å². The van der Waals surface area contributed by atoms with Gasteiger partial charge in [0.1, 0.15) is 5.52 Å². The van der Waals surface area contributed by atoms with Crippen LogP contribution in [0.5, 0.6) is 0 Å². The lowest BCUT2D eigenvalue weighted by Crippen LogP contribution is -2.27. The van der Waals surface area contributed by atoms with E-state index in [-0.39, 0.29) is 0 Å². The number of benzene rings is 1. The molecule has 90 valence electrons. The van der Waals surface area contributed by atoms with Gasteiger partial charge in [0, 0.05) is 11.3 Å². The normalized spacial score (nSPS) is 25.2. The molecule has 0 spiro atoms. The van der Waals surface area contributed by atoms with Crippen molar-refractivity contribution in [3.05, 3.63) is 24.3 Å². The van der Waals surface area contributed by atoms with Crippen LogP contribution in [0.15, 0.2) is 33.9 Å². The van der Waals surface area contributed by atoms with Gasteiger partial charge in [-0.3, -0.25) is 0 Å². The van der Waals surface area contributed by atoms with E-state index in [1.54, 1.807) is 11.8 Å². The highest BCUT2D eigenvalue weighted by molar-refractivity contribution is 7.99. The lowest BCUT2D eigenvalue weighted by Gasteiger charge is -2.24. The molecule has 1 aliphatic carbocycles. The molecule has 2 aromatic rings. The molecule has 17 heavy (non-hydrogen) atoms. The fourth-order valence-electron chi connectivity index (χ4n) is 2.25. The van der Waals surface area contributed by atoms with Gasteiger partial charge in [-0.1, -0.05) is 23.9 Å². The molecule has 3 rings (SSSR count). The maximum absolute atomic E-state index is 5.90. The van der Waals surface area contributed by atoms with Crippen LogP contribution in [0.2, 0.25) is 0 Å². The number of nitrogens with zero attached hydrogens (tertiary/aromatic N) is 1. The van der Waals surface area contributed by atoms with Crippen LogP contribution in [0.3, 0.4) is 0 Å². The first-order valence-corrected chi connectivity index (χ1v) is 6.97. The summed E-state index contributed by atoms with van der Waals surface area (Å²) in [5, 5.41) is 1.41. The van der Waals surface area contributed by atoms with E-state index in [2.05, 4.69) is 4.98 Å². The predicted molar refractivity (Wildman–Crippen MR) is 70.1 cm³/mol. The first-order valence-electron chi connectivity index (χ1n) is 6.09. The zero-order valence-electron chi connectivity index (χ0n) is 9.63. The van der Waals surface area contributed by atoms with Crippen molar-refractivity contribution in [3.63, 3.8) is 0 Å². The van der Waals surface area contributed by atoms with E-state index < -0.39 is 0 Å². The lowest BCUT2D eigenvalue weighted by molar-refractivity contribution is 0.442. The molecule has 0 unspecified atom stereocenters. The van der Waals surface area contributed by atoms with Gasteiger partial charge in [-0.15, -0.1) is 0 Å². The zero-order chi connectivity index (χ0) is 11.7. The Kier molecular flexibility index (Phi) is 3.07. The second-order valence-electron chi connectivity index (χ2n) is 4.60. The quantitative estimate of drug-likeness (QED) is 0.886. The smallest absolute Gasteiger partial charge is 0.257 e. The molecule has 1 fully saturated rings. The Morgan fingerprint density at radius 1 is 1.18 bits per heavy atom. The van der Waals surface area contributed by atoms with Crippen molar-refractivity contribution in [1.82, 2.24) is 4.98 Å². The minimum Gasteiger partial charge on any atom is -0.431 e. The maximum atomic E-state index is 5.90. The molecular weight excluding hydrogens is 232 g/mol. The number of oxazole rings is 1. The van der Waals surface area contributed by atoms with Crippen LogP contribution in [0, 0.1) is 0 Å². The van der Waals surface area contributed by atoms with Gasteiger partial charge >= 0.3 is 0 Å². The maximum Gasteiger partial charge on any atom is 0.257 e. The van der Waals surface area contributed by atoms with Gasteiger partial charge in [-0.25, -0.2) is 4.98 Å². The number of rotatable bonds is 2. The summed E-state index contributed by atoms with van der Waals surface area (Å²) < 4.78 is 5.72. The number of aromatic nitrogens is 1. The van der Waals surface area contributed by atoms with Gasteiger partial charge < -0.3 is 10.2 Å². The number of thioether (sulfide) groups is 1. The molecule has 0 bridgehead atoms. The zero-order valence-corrected chi connectivity index (χ0v) is 10.5. The molecule has 0 saturated heterocycles. The average Bonchev–Trinajstić information content (AvgIpc) is 2.74. The summed E-state index contributed by atoms with van der Waals surface area (Å²) in [5.41, 5.74) is 7.73. The van der Waals surface area contributed by atoms with Crippen LogP contribution >= 0.6 is 11.8 Å². The Labute approximate surface area is 105 Å². The van der Waals surface area contributed by atoms with Crippen molar-refractivity contribution >= 4 is 22.9 Å². The number of fused-ring (bicyclic) bond motifs is 1. The average molecular weight is 248 g/mol. The lowest BCUT2D eigenvalue weighted by atomic mass is 9.96. The van der Waals surface area contributed by atoms with Crippen molar-refractivity contribution in [3.8, 4) is 0 Å². The van der Waals surface area contributed by atoms with Gasteiger partial charge in [-0.2, -0.15) is 0 Å².